The molecule has 0 aromatic heterocycles. The highest BCUT2D eigenvalue weighted by molar-refractivity contribution is 5.75. The molecule has 0 heterocycles. The van der Waals surface area contributed by atoms with Crippen LogP contribution in [0, 0.1) is 6.92 Å². The lowest BCUT2D eigenvalue weighted by Gasteiger charge is -2.24. The van der Waals surface area contributed by atoms with E-state index in [1.807, 2.05) is 61.5 Å². The molecular weight excluding hydrogens is 278 g/mol. The van der Waals surface area contributed by atoms with Crippen LogP contribution in [0.2, 0.25) is 0 Å². The molecule has 4 heteroatoms. The fourth-order valence-electron chi connectivity index (χ4n) is 2.36. The van der Waals surface area contributed by atoms with Crippen molar-refractivity contribution in [3.05, 3.63) is 65.7 Å². The summed E-state index contributed by atoms with van der Waals surface area (Å²) in [5, 5.41) is 9.47. The molecule has 116 valence electrons. The predicted molar refractivity (Wildman–Crippen MR) is 86.1 cm³/mol. The molecule has 2 aromatic carbocycles. The standard InChI is InChI=1S/C18H21NO3/c1-14-7-6-10-16(13-14)22-12-11-19(2)17(18(20)21)15-8-4-3-5-9-15/h3-10,13,17H,11-12H2,1-2H3,(H,20,21). The number of benzene rings is 2. The highest BCUT2D eigenvalue weighted by Crippen LogP contribution is 2.19. The Hall–Kier alpha value is -2.33. The Labute approximate surface area is 131 Å². The first-order chi connectivity index (χ1) is 10.6. The lowest BCUT2D eigenvalue weighted by molar-refractivity contribution is -0.143. The zero-order valence-corrected chi connectivity index (χ0v) is 12.9. The summed E-state index contributed by atoms with van der Waals surface area (Å²) in [6, 6.07) is 16.4. The van der Waals surface area contributed by atoms with Crippen molar-refractivity contribution in [2.45, 2.75) is 13.0 Å². The van der Waals surface area contributed by atoms with E-state index in [0.717, 1.165) is 16.9 Å². The van der Waals surface area contributed by atoms with Crippen LogP contribution in [0.1, 0.15) is 17.2 Å². The molecule has 1 unspecified atom stereocenters. The molecule has 0 aliphatic rings. The van der Waals surface area contributed by atoms with Crippen LogP contribution in [0.25, 0.3) is 0 Å². The third-order valence-electron chi connectivity index (χ3n) is 3.49. The molecule has 1 atom stereocenters. The van der Waals surface area contributed by atoms with E-state index in [2.05, 4.69) is 0 Å². The van der Waals surface area contributed by atoms with E-state index >= 15 is 0 Å². The summed E-state index contributed by atoms with van der Waals surface area (Å²) in [6.07, 6.45) is 0. The van der Waals surface area contributed by atoms with Gasteiger partial charge >= 0.3 is 5.97 Å². The Morgan fingerprint density at radius 2 is 1.91 bits per heavy atom. The number of hydrogen-bond donors (Lipinski definition) is 1. The Balaban J connectivity index is 1.94. The van der Waals surface area contributed by atoms with E-state index in [4.69, 9.17) is 4.74 Å². The van der Waals surface area contributed by atoms with Crippen molar-refractivity contribution in [1.82, 2.24) is 4.90 Å². The summed E-state index contributed by atoms with van der Waals surface area (Å²) in [7, 11) is 1.80. The second-order valence-corrected chi connectivity index (χ2v) is 5.30. The Kier molecular flexibility index (Phi) is 5.55. The number of ether oxygens (including phenoxy) is 1. The van der Waals surface area contributed by atoms with Crippen molar-refractivity contribution in [2.75, 3.05) is 20.2 Å². The largest absolute Gasteiger partial charge is 0.492 e. The topological polar surface area (TPSA) is 49.8 Å². The molecule has 0 bridgehead atoms. The first kappa shape index (κ1) is 16.0. The van der Waals surface area contributed by atoms with Gasteiger partial charge in [-0.25, -0.2) is 0 Å². The quantitative estimate of drug-likeness (QED) is 0.853. The second-order valence-electron chi connectivity index (χ2n) is 5.30. The van der Waals surface area contributed by atoms with Crippen LogP contribution in [-0.4, -0.2) is 36.2 Å². The van der Waals surface area contributed by atoms with Crippen molar-refractivity contribution >= 4 is 5.97 Å². The lowest BCUT2D eigenvalue weighted by Crippen LogP contribution is -2.33. The molecule has 0 spiro atoms. The third-order valence-corrected chi connectivity index (χ3v) is 3.49. The van der Waals surface area contributed by atoms with Crippen LogP contribution in [0.3, 0.4) is 0 Å². The third kappa shape index (κ3) is 4.33. The molecule has 2 rings (SSSR count). The molecule has 0 saturated heterocycles. The van der Waals surface area contributed by atoms with Gasteiger partial charge in [-0.2, -0.15) is 0 Å². The van der Waals surface area contributed by atoms with Gasteiger partial charge in [0.2, 0.25) is 0 Å². The van der Waals surface area contributed by atoms with Crippen molar-refractivity contribution < 1.29 is 14.6 Å². The van der Waals surface area contributed by atoms with Crippen molar-refractivity contribution in [3.8, 4) is 5.75 Å². The van der Waals surface area contributed by atoms with Gasteiger partial charge in [0, 0.05) is 6.54 Å². The average Bonchev–Trinajstić information content (AvgIpc) is 2.48. The second kappa shape index (κ2) is 7.61. The van der Waals surface area contributed by atoms with Crippen LogP contribution in [0.5, 0.6) is 5.75 Å². The SMILES string of the molecule is Cc1cccc(OCCN(C)C(C(=O)O)c2ccccc2)c1. The summed E-state index contributed by atoms with van der Waals surface area (Å²) in [5.41, 5.74) is 1.91. The van der Waals surface area contributed by atoms with Crippen LogP contribution in [0.4, 0.5) is 0 Å². The zero-order valence-electron chi connectivity index (χ0n) is 12.9. The number of carbonyl (C=O) groups is 1. The van der Waals surface area contributed by atoms with Gasteiger partial charge in [0.15, 0.2) is 0 Å². The summed E-state index contributed by atoms with van der Waals surface area (Å²) in [4.78, 5) is 13.3. The summed E-state index contributed by atoms with van der Waals surface area (Å²) < 4.78 is 5.69. The van der Waals surface area contributed by atoms with E-state index in [-0.39, 0.29) is 0 Å². The van der Waals surface area contributed by atoms with Crippen LogP contribution in [-0.2, 0) is 4.79 Å². The van der Waals surface area contributed by atoms with E-state index in [9.17, 15) is 9.90 Å². The number of carboxylic acid groups (broad SMARTS) is 1. The molecule has 0 radical (unpaired) electrons. The van der Waals surface area contributed by atoms with E-state index in [1.165, 1.54) is 0 Å². The average molecular weight is 299 g/mol. The van der Waals surface area contributed by atoms with Gasteiger partial charge in [0.25, 0.3) is 0 Å². The minimum Gasteiger partial charge on any atom is -0.492 e. The molecule has 0 aliphatic carbocycles. The lowest BCUT2D eigenvalue weighted by atomic mass is 10.1. The van der Waals surface area contributed by atoms with Gasteiger partial charge in [-0.3, -0.25) is 9.69 Å². The Morgan fingerprint density at radius 3 is 2.55 bits per heavy atom. The number of rotatable bonds is 7. The van der Waals surface area contributed by atoms with E-state index < -0.39 is 12.0 Å². The Bertz CT molecular complexity index is 613. The maximum Gasteiger partial charge on any atom is 0.325 e. The van der Waals surface area contributed by atoms with E-state index in [0.29, 0.717) is 13.2 Å². The molecular formula is C18H21NO3. The molecule has 0 saturated carbocycles. The first-order valence-electron chi connectivity index (χ1n) is 7.25. The summed E-state index contributed by atoms with van der Waals surface area (Å²) in [5.74, 6) is -0.0516. The van der Waals surface area contributed by atoms with Crippen LogP contribution < -0.4 is 4.74 Å². The Morgan fingerprint density at radius 1 is 1.18 bits per heavy atom. The molecule has 0 fully saturated rings. The van der Waals surface area contributed by atoms with Gasteiger partial charge in [-0.15, -0.1) is 0 Å². The van der Waals surface area contributed by atoms with Gasteiger partial charge in [-0.05, 0) is 37.2 Å². The molecule has 2 aromatic rings. The number of likely N-dealkylation sites (N-methyl/N-ethyl adjacent to an activating group) is 1. The highest BCUT2D eigenvalue weighted by atomic mass is 16.5. The smallest absolute Gasteiger partial charge is 0.325 e. The van der Waals surface area contributed by atoms with E-state index in [1.54, 1.807) is 11.9 Å². The first-order valence-corrected chi connectivity index (χ1v) is 7.25. The number of nitrogens with zero attached hydrogens (tertiary/aromatic N) is 1. The summed E-state index contributed by atoms with van der Waals surface area (Å²) in [6.45, 7) is 2.98. The minimum absolute atomic E-state index is 0.441. The number of aliphatic carboxylic acids is 1. The number of carboxylic acids is 1. The van der Waals surface area contributed by atoms with Gasteiger partial charge in [0.1, 0.15) is 18.4 Å². The molecule has 1 N–H and O–H groups in total. The molecule has 0 aliphatic heterocycles. The van der Waals surface area contributed by atoms with Crippen molar-refractivity contribution in [1.29, 1.82) is 0 Å². The maximum absolute atomic E-state index is 11.5. The van der Waals surface area contributed by atoms with Crippen molar-refractivity contribution in [2.24, 2.45) is 0 Å². The fraction of sp³-hybridized carbons (Fsp3) is 0.278. The zero-order chi connectivity index (χ0) is 15.9. The van der Waals surface area contributed by atoms with Crippen molar-refractivity contribution in [3.63, 3.8) is 0 Å². The summed E-state index contributed by atoms with van der Waals surface area (Å²) >= 11 is 0. The maximum atomic E-state index is 11.5. The highest BCUT2D eigenvalue weighted by Gasteiger charge is 2.24. The fourth-order valence-corrected chi connectivity index (χ4v) is 2.36. The normalized spacial score (nSPS) is 12.1. The van der Waals surface area contributed by atoms with Crippen LogP contribution in [0.15, 0.2) is 54.6 Å². The minimum atomic E-state index is -0.857. The molecule has 22 heavy (non-hydrogen) atoms. The number of aryl methyl sites for hydroxylation is 1. The molecule has 0 amide bonds. The van der Waals surface area contributed by atoms with Gasteiger partial charge < -0.3 is 9.84 Å². The van der Waals surface area contributed by atoms with Gasteiger partial charge in [-0.1, -0.05) is 42.5 Å². The molecule has 4 nitrogen and oxygen atoms in total. The van der Waals surface area contributed by atoms with Gasteiger partial charge in [0.05, 0.1) is 0 Å². The monoisotopic (exact) mass is 299 g/mol. The van der Waals surface area contributed by atoms with Crippen LogP contribution >= 0.6 is 0 Å². The predicted octanol–water partition coefficient (Wildman–Crippen LogP) is 3.13. The number of hydrogen-bond acceptors (Lipinski definition) is 3.